The zero-order chi connectivity index (χ0) is 14.2. The number of anilines is 1. The summed E-state index contributed by atoms with van der Waals surface area (Å²) >= 11 is 0. The molecule has 0 spiro atoms. The van der Waals surface area contributed by atoms with E-state index in [-0.39, 0.29) is 0 Å². The first-order valence-electron chi connectivity index (χ1n) is 5.86. The van der Waals surface area contributed by atoms with Crippen LogP contribution in [0, 0.1) is 6.92 Å². The standard InChI is InChI=1S/C13H16N2O3S/c1-8-6-10-7-11(4-5-12(10)14-8)15-13(16)9(2)19(3,17)18/h4-7,9,14H,1-3H3,(H,15,16)/t9-/m1/s1. The van der Waals surface area contributed by atoms with Crippen LogP contribution < -0.4 is 5.32 Å². The van der Waals surface area contributed by atoms with E-state index < -0.39 is 21.0 Å². The number of aryl methyl sites for hydroxylation is 1. The average molecular weight is 280 g/mol. The summed E-state index contributed by atoms with van der Waals surface area (Å²) in [4.78, 5) is 15.0. The predicted octanol–water partition coefficient (Wildman–Crippen LogP) is 1.85. The molecule has 0 fully saturated rings. The fourth-order valence-electron chi connectivity index (χ4n) is 1.79. The van der Waals surface area contributed by atoms with Crippen LogP contribution in [-0.2, 0) is 14.6 Å². The number of amides is 1. The van der Waals surface area contributed by atoms with Gasteiger partial charge in [0.25, 0.3) is 0 Å². The minimum absolute atomic E-state index is 0.519. The highest BCUT2D eigenvalue weighted by Gasteiger charge is 2.23. The Morgan fingerprint density at radius 3 is 2.63 bits per heavy atom. The normalized spacial score (nSPS) is 13.4. The number of aromatic amines is 1. The molecule has 1 aromatic heterocycles. The summed E-state index contributed by atoms with van der Waals surface area (Å²) in [5, 5.41) is 2.53. The van der Waals surface area contributed by atoms with Crippen LogP contribution in [0.2, 0.25) is 0 Å². The number of fused-ring (bicyclic) bond motifs is 1. The van der Waals surface area contributed by atoms with Crippen LogP contribution in [0.3, 0.4) is 0 Å². The molecular formula is C13H16N2O3S. The van der Waals surface area contributed by atoms with Crippen molar-refractivity contribution in [1.82, 2.24) is 4.98 Å². The van der Waals surface area contributed by atoms with Gasteiger partial charge in [-0.3, -0.25) is 4.79 Å². The fraction of sp³-hybridized carbons (Fsp3) is 0.308. The van der Waals surface area contributed by atoms with Gasteiger partial charge in [0, 0.05) is 28.5 Å². The Bertz CT molecular complexity index is 731. The Balaban J connectivity index is 2.24. The van der Waals surface area contributed by atoms with Crippen molar-refractivity contribution in [3.05, 3.63) is 30.0 Å². The fourth-order valence-corrected chi connectivity index (χ4v) is 2.24. The van der Waals surface area contributed by atoms with Gasteiger partial charge in [0.15, 0.2) is 9.84 Å². The maximum absolute atomic E-state index is 11.8. The van der Waals surface area contributed by atoms with E-state index in [1.807, 2.05) is 25.1 Å². The van der Waals surface area contributed by atoms with Crippen LogP contribution >= 0.6 is 0 Å². The van der Waals surface area contributed by atoms with E-state index in [1.165, 1.54) is 6.92 Å². The van der Waals surface area contributed by atoms with E-state index in [1.54, 1.807) is 6.07 Å². The molecule has 0 saturated carbocycles. The summed E-state index contributed by atoms with van der Waals surface area (Å²) in [5.41, 5.74) is 2.60. The first kappa shape index (κ1) is 13.6. The van der Waals surface area contributed by atoms with Gasteiger partial charge in [0.2, 0.25) is 5.91 Å². The lowest BCUT2D eigenvalue weighted by molar-refractivity contribution is -0.115. The third-order valence-electron chi connectivity index (χ3n) is 3.03. The number of sulfone groups is 1. The topological polar surface area (TPSA) is 79.0 Å². The lowest BCUT2D eigenvalue weighted by Crippen LogP contribution is -2.31. The third kappa shape index (κ3) is 2.96. The second-order valence-corrected chi connectivity index (χ2v) is 7.08. The molecule has 2 aromatic rings. The van der Waals surface area contributed by atoms with E-state index in [4.69, 9.17) is 0 Å². The second-order valence-electron chi connectivity index (χ2n) is 4.72. The molecule has 5 nitrogen and oxygen atoms in total. The van der Waals surface area contributed by atoms with Gasteiger partial charge in [0.1, 0.15) is 5.25 Å². The molecule has 1 aromatic carbocycles. The highest BCUT2D eigenvalue weighted by Crippen LogP contribution is 2.20. The Hall–Kier alpha value is -1.82. The molecule has 0 aliphatic heterocycles. The zero-order valence-corrected chi connectivity index (χ0v) is 11.8. The van der Waals surface area contributed by atoms with Gasteiger partial charge in [-0.2, -0.15) is 0 Å². The number of hydrogen-bond acceptors (Lipinski definition) is 3. The summed E-state index contributed by atoms with van der Waals surface area (Å²) in [5.74, 6) is -0.519. The maximum atomic E-state index is 11.8. The molecule has 0 aliphatic rings. The van der Waals surface area contributed by atoms with Gasteiger partial charge in [-0.15, -0.1) is 0 Å². The van der Waals surface area contributed by atoms with Gasteiger partial charge in [-0.25, -0.2) is 8.42 Å². The van der Waals surface area contributed by atoms with Crippen LogP contribution in [0.1, 0.15) is 12.6 Å². The predicted molar refractivity (Wildman–Crippen MR) is 76.0 cm³/mol. The first-order chi connectivity index (χ1) is 8.77. The van der Waals surface area contributed by atoms with Gasteiger partial charge in [0.05, 0.1) is 0 Å². The minimum Gasteiger partial charge on any atom is -0.359 e. The number of rotatable bonds is 3. The molecule has 1 atom stereocenters. The molecule has 19 heavy (non-hydrogen) atoms. The molecule has 2 rings (SSSR count). The van der Waals surface area contributed by atoms with Gasteiger partial charge in [-0.05, 0) is 38.1 Å². The van der Waals surface area contributed by atoms with Crippen molar-refractivity contribution < 1.29 is 13.2 Å². The van der Waals surface area contributed by atoms with Crippen molar-refractivity contribution in [2.75, 3.05) is 11.6 Å². The van der Waals surface area contributed by atoms with Crippen molar-refractivity contribution in [1.29, 1.82) is 0 Å². The molecule has 0 bridgehead atoms. The average Bonchev–Trinajstić information content (AvgIpc) is 2.66. The number of nitrogens with one attached hydrogen (secondary N) is 2. The van der Waals surface area contributed by atoms with Crippen molar-refractivity contribution in [2.24, 2.45) is 0 Å². The van der Waals surface area contributed by atoms with E-state index in [0.717, 1.165) is 22.9 Å². The van der Waals surface area contributed by atoms with Crippen LogP contribution in [0.4, 0.5) is 5.69 Å². The molecule has 6 heteroatoms. The number of aromatic nitrogens is 1. The van der Waals surface area contributed by atoms with E-state index >= 15 is 0 Å². The molecule has 0 aliphatic carbocycles. The Morgan fingerprint density at radius 1 is 1.32 bits per heavy atom. The quantitative estimate of drug-likeness (QED) is 0.900. The lowest BCUT2D eigenvalue weighted by Gasteiger charge is -2.10. The van der Waals surface area contributed by atoms with Crippen molar-refractivity contribution in [3.8, 4) is 0 Å². The zero-order valence-electron chi connectivity index (χ0n) is 11.0. The number of benzene rings is 1. The molecular weight excluding hydrogens is 264 g/mol. The van der Waals surface area contributed by atoms with Crippen LogP contribution in [0.15, 0.2) is 24.3 Å². The Morgan fingerprint density at radius 2 is 2.00 bits per heavy atom. The first-order valence-corrected chi connectivity index (χ1v) is 7.82. The van der Waals surface area contributed by atoms with Crippen molar-refractivity contribution >= 4 is 32.3 Å². The summed E-state index contributed by atoms with van der Waals surface area (Å²) in [6.45, 7) is 3.33. The van der Waals surface area contributed by atoms with Crippen molar-refractivity contribution in [3.63, 3.8) is 0 Å². The Labute approximate surface area is 111 Å². The van der Waals surface area contributed by atoms with Gasteiger partial charge >= 0.3 is 0 Å². The van der Waals surface area contributed by atoms with E-state index in [2.05, 4.69) is 10.3 Å². The number of H-pyrrole nitrogens is 1. The number of carbonyl (C=O) groups is 1. The monoisotopic (exact) mass is 280 g/mol. The number of hydrogen-bond donors (Lipinski definition) is 2. The van der Waals surface area contributed by atoms with Gasteiger partial charge < -0.3 is 10.3 Å². The molecule has 0 saturated heterocycles. The Kier molecular flexibility index (Phi) is 3.36. The van der Waals surface area contributed by atoms with Crippen molar-refractivity contribution in [2.45, 2.75) is 19.1 Å². The molecule has 0 radical (unpaired) electrons. The minimum atomic E-state index is -3.38. The van der Waals surface area contributed by atoms with E-state index in [9.17, 15) is 13.2 Å². The van der Waals surface area contributed by atoms with Crippen LogP contribution in [0.5, 0.6) is 0 Å². The molecule has 1 amide bonds. The summed E-state index contributed by atoms with van der Waals surface area (Å²) < 4.78 is 22.6. The highest BCUT2D eigenvalue weighted by molar-refractivity contribution is 7.92. The smallest absolute Gasteiger partial charge is 0.242 e. The molecule has 2 N–H and O–H groups in total. The highest BCUT2D eigenvalue weighted by atomic mass is 32.2. The largest absolute Gasteiger partial charge is 0.359 e. The molecule has 1 heterocycles. The molecule has 0 unspecified atom stereocenters. The lowest BCUT2D eigenvalue weighted by atomic mass is 10.2. The summed E-state index contributed by atoms with van der Waals surface area (Å²) in [6, 6.07) is 7.37. The summed E-state index contributed by atoms with van der Waals surface area (Å²) in [6.07, 6.45) is 1.05. The second kappa shape index (κ2) is 4.70. The number of carbonyl (C=O) groups excluding carboxylic acids is 1. The molecule has 102 valence electrons. The SMILES string of the molecule is Cc1cc2cc(NC(=O)[C@@H](C)S(C)(=O)=O)ccc2[nH]1. The maximum Gasteiger partial charge on any atom is 0.242 e. The third-order valence-corrected chi connectivity index (χ3v) is 4.53. The van der Waals surface area contributed by atoms with Gasteiger partial charge in [-0.1, -0.05) is 0 Å². The van der Waals surface area contributed by atoms with Crippen LogP contribution in [0.25, 0.3) is 10.9 Å². The van der Waals surface area contributed by atoms with Crippen LogP contribution in [-0.4, -0.2) is 30.8 Å². The van der Waals surface area contributed by atoms with E-state index in [0.29, 0.717) is 5.69 Å². The summed E-state index contributed by atoms with van der Waals surface area (Å²) in [7, 11) is -3.38.